The quantitative estimate of drug-likeness (QED) is 0.745. The highest BCUT2D eigenvalue weighted by molar-refractivity contribution is 6.21. The summed E-state index contributed by atoms with van der Waals surface area (Å²) in [7, 11) is 0. The maximum Gasteiger partial charge on any atom is 0.228 e. The van der Waals surface area contributed by atoms with Gasteiger partial charge in [-0.1, -0.05) is 32.9 Å². The second kappa shape index (κ2) is 3.77. The van der Waals surface area contributed by atoms with Gasteiger partial charge in [-0.25, -0.2) is 0 Å². The Bertz CT molecular complexity index is 434. The van der Waals surface area contributed by atoms with Crippen molar-refractivity contribution in [3.8, 4) is 0 Å². The van der Waals surface area contributed by atoms with E-state index in [0.29, 0.717) is 6.42 Å². The van der Waals surface area contributed by atoms with E-state index in [1.807, 2.05) is 18.2 Å². The van der Waals surface area contributed by atoms with E-state index >= 15 is 0 Å². The number of nitrogens with one attached hydrogen (secondary N) is 1. The predicted molar refractivity (Wildman–Crippen MR) is 66.8 cm³/mol. The molecule has 0 bridgehead atoms. The third kappa shape index (κ3) is 2.07. The molecule has 0 saturated heterocycles. The van der Waals surface area contributed by atoms with Crippen molar-refractivity contribution in [2.45, 2.75) is 32.6 Å². The van der Waals surface area contributed by atoms with Crippen LogP contribution < -0.4 is 5.32 Å². The second-order valence-electron chi connectivity index (χ2n) is 5.37. The molecule has 1 N–H and O–H groups in total. The van der Waals surface area contributed by atoms with E-state index in [1.54, 1.807) is 0 Å². The maximum atomic E-state index is 11.2. The number of hydrogen-bond donors (Lipinski definition) is 1. The first-order valence-electron chi connectivity index (χ1n) is 5.44. The normalized spacial score (nSPS) is 16.9. The molecule has 0 spiro atoms. The Morgan fingerprint density at radius 1 is 1.38 bits per heavy atom. The molecule has 0 aromatic heterocycles. The van der Waals surface area contributed by atoms with Gasteiger partial charge >= 0.3 is 0 Å². The van der Waals surface area contributed by atoms with Crippen LogP contribution in [0, 0.1) is 5.41 Å². The lowest BCUT2D eigenvalue weighted by Gasteiger charge is -2.25. The van der Waals surface area contributed by atoms with Crippen molar-refractivity contribution in [3.05, 3.63) is 29.3 Å². The zero-order valence-corrected chi connectivity index (χ0v) is 10.6. The molecular weight excluding hydrogens is 222 g/mol. The lowest BCUT2D eigenvalue weighted by Crippen LogP contribution is -2.13. The molecule has 16 heavy (non-hydrogen) atoms. The predicted octanol–water partition coefficient (Wildman–Crippen LogP) is 3.51. The minimum absolute atomic E-state index is 0.0197. The van der Waals surface area contributed by atoms with Crippen molar-refractivity contribution in [2.24, 2.45) is 5.41 Å². The van der Waals surface area contributed by atoms with Crippen molar-refractivity contribution >= 4 is 23.2 Å². The van der Waals surface area contributed by atoms with Crippen molar-refractivity contribution in [3.63, 3.8) is 0 Å². The van der Waals surface area contributed by atoms with E-state index in [4.69, 9.17) is 11.6 Å². The minimum atomic E-state index is -0.0338. The summed E-state index contributed by atoms with van der Waals surface area (Å²) < 4.78 is 0. The van der Waals surface area contributed by atoms with E-state index in [-0.39, 0.29) is 16.7 Å². The zero-order valence-electron chi connectivity index (χ0n) is 9.80. The molecule has 0 saturated carbocycles. The van der Waals surface area contributed by atoms with Crippen LogP contribution in [-0.4, -0.2) is 5.91 Å². The van der Waals surface area contributed by atoms with E-state index in [1.165, 1.54) is 0 Å². The molecule has 1 amide bonds. The number of benzene rings is 1. The smallest absolute Gasteiger partial charge is 0.228 e. The van der Waals surface area contributed by atoms with Crippen molar-refractivity contribution in [1.29, 1.82) is 0 Å². The monoisotopic (exact) mass is 237 g/mol. The third-order valence-corrected chi connectivity index (χ3v) is 3.71. The molecule has 1 unspecified atom stereocenters. The topological polar surface area (TPSA) is 29.1 Å². The number of carbonyl (C=O) groups is 1. The van der Waals surface area contributed by atoms with Crippen molar-refractivity contribution in [1.82, 2.24) is 0 Å². The lowest BCUT2D eigenvalue weighted by atomic mass is 9.87. The highest BCUT2D eigenvalue weighted by Crippen LogP contribution is 2.39. The molecule has 1 aromatic rings. The van der Waals surface area contributed by atoms with E-state index in [2.05, 4.69) is 26.1 Å². The summed E-state index contributed by atoms with van der Waals surface area (Å²) in [6.45, 7) is 6.34. The average Bonchev–Trinajstić information content (AvgIpc) is 2.54. The van der Waals surface area contributed by atoms with Crippen molar-refractivity contribution < 1.29 is 4.79 Å². The standard InChI is InChI=1S/C13H16ClNO/c1-13(2,3)12(14)8-4-5-10-9(6-8)7-11(16)15-10/h4-6,12H,7H2,1-3H3,(H,15,16). The van der Waals surface area contributed by atoms with Crippen LogP contribution in [0.4, 0.5) is 5.69 Å². The fraction of sp³-hybridized carbons (Fsp3) is 0.462. The Morgan fingerprint density at radius 2 is 2.06 bits per heavy atom. The van der Waals surface area contributed by atoms with Gasteiger partial charge in [0, 0.05) is 5.69 Å². The summed E-state index contributed by atoms with van der Waals surface area (Å²) in [4.78, 5) is 11.2. The first kappa shape index (κ1) is 11.5. The van der Waals surface area contributed by atoms with Gasteiger partial charge in [0.1, 0.15) is 0 Å². The Hall–Kier alpha value is -1.02. The highest BCUT2D eigenvalue weighted by Gasteiger charge is 2.26. The molecule has 0 fully saturated rings. The first-order valence-corrected chi connectivity index (χ1v) is 5.88. The molecule has 2 nitrogen and oxygen atoms in total. The molecule has 86 valence electrons. The molecule has 1 atom stereocenters. The largest absolute Gasteiger partial charge is 0.326 e. The van der Waals surface area contributed by atoms with Crippen LogP contribution in [0.5, 0.6) is 0 Å². The molecule has 1 heterocycles. The number of amides is 1. The molecule has 0 radical (unpaired) electrons. The fourth-order valence-electron chi connectivity index (χ4n) is 1.91. The number of halogens is 1. The number of rotatable bonds is 1. The Balaban J connectivity index is 2.33. The van der Waals surface area contributed by atoms with Gasteiger partial charge in [-0.2, -0.15) is 0 Å². The van der Waals surface area contributed by atoms with Crippen LogP contribution in [0.15, 0.2) is 18.2 Å². The van der Waals surface area contributed by atoms with E-state index in [0.717, 1.165) is 16.8 Å². The van der Waals surface area contributed by atoms with Gasteiger partial charge in [-0.3, -0.25) is 4.79 Å². The van der Waals surface area contributed by atoms with Crippen LogP contribution in [0.2, 0.25) is 0 Å². The summed E-state index contributed by atoms with van der Waals surface area (Å²) in [5, 5.41) is 2.79. The van der Waals surface area contributed by atoms with Gasteiger partial charge in [-0.15, -0.1) is 11.6 Å². The Kier molecular flexibility index (Phi) is 2.70. The minimum Gasteiger partial charge on any atom is -0.326 e. The van der Waals surface area contributed by atoms with E-state index < -0.39 is 0 Å². The van der Waals surface area contributed by atoms with E-state index in [9.17, 15) is 4.79 Å². The van der Waals surface area contributed by atoms with Gasteiger partial charge in [0.2, 0.25) is 5.91 Å². The summed E-state index contributed by atoms with van der Waals surface area (Å²) in [5.74, 6) is 0.0639. The SMILES string of the molecule is CC(C)(C)C(Cl)c1ccc2c(c1)CC(=O)N2. The number of anilines is 1. The highest BCUT2D eigenvalue weighted by atomic mass is 35.5. The van der Waals surface area contributed by atoms with Gasteiger partial charge in [0.15, 0.2) is 0 Å². The summed E-state index contributed by atoms with van der Waals surface area (Å²) in [5.41, 5.74) is 3.08. The molecule has 1 aliphatic heterocycles. The maximum absolute atomic E-state index is 11.2. The fourth-order valence-corrected chi connectivity index (χ4v) is 2.04. The van der Waals surface area contributed by atoms with Gasteiger partial charge in [0.05, 0.1) is 11.8 Å². The van der Waals surface area contributed by atoms with Gasteiger partial charge in [-0.05, 0) is 22.6 Å². The molecule has 0 aliphatic carbocycles. The molecular formula is C13H16ClNO. The third-order valence-electron chi connectivity index (χ3n) is 2.81. The zero-order chi connectivity index (χ0) is 11.9. The molecule has 3 heteroatoms. The number of hydrogen-bond acceptors (Lipinski definition) is 1. The van der Waals surface area contributed by atoms with Crippen LogP contribution in [0.1, 0.15) is 37.3 Å². The van der Waals surface area contributed by atoms with Gasteiger partial charge < -0.3 is 5.32 Å². The number of carbonyl (C=O) groups excluding carboxylic acids is 1. The van der Waals surface area contributed by atoms with Gasteiger partial charge in [0.25, 0.3) is 0 Å². The lowest BCUT2D eigenvalue weighted by molar-refractivity contribution is -0.115. The summed E-state index contributed by atoms with van der Waals surface area (Å²) in [6.07, 6.45) is 0.469. The summed E-state index contributed by atoms with van der Waals surface area (Å²) >= 11 is 6.42. The van der Waals surface area contributed by atoms with Crippen LogP contribution in [0.3, 0.4) is 0 Å². The first-order chi connectivity index (χ1) is 7.38. The second-order valence-corrected chi connectivity index (χ2v) is 5.81. The molecule has 1 aliphatic rings. The van der Waals surface area contributed by atoms with Crippen LogP contribution in [-0.2, 0) is 11.2 Å². The Morgan fingerprint density at radius 3 is 2.69 bits per heavy atom. The molecule has 2 rings (SSSR count). The number of fused-ring (bicyclic) bond motifs is 1. The Labute approximate surface area is 101 Å². The van der Waals surface area contributed by atoms with Crippen LogP contribution in [0.25, 0.3) is 0 Å². The van der Waals surface area contributed by atoms with Crippen LogP contribution >= 0.6 is 11.6 Å². The van der Waals surface area contributed by atoms with Crippen molar-refractivity contribution in [2.75, 3.05) is 5.32 Å². The summed E-state index contributed by atoms with van der Waals surface area (Å²) in [6, 6.07) is 5.97. The number of alkyl halides is 1. The average molecular weight is 238 g/mol. The molecule has 1 aromatic carbocycles.